The van der Waals surface area contributed by atoms with Crippen molar-refractivity contribution in [3.05, 3.63) is 12.7 Å². The molecule has 0 aliphatic carbocycles. The molecule has 0 saturated heterocycles. The van der Waals surface area contributed by atoms with Gasteiger partial charge in [-0.15, -0.1) is 0 Å². The number of unbranched alkanes of at least 4 members (excludes halogenated alkanes) is 2. The number of thiocyanates is 1. The van der Waals surface area contributed by atoms with Crippen molar-refractivity contribution in [3.63, 3.8) is 0 Å². The first-order chi connectivity index (χ1) is 6.31. The molecule has 72 valence electrons. The summed E-state index contributed by atoms with van der Waals surface area (Å²) in [4.78, 5) is 10.6. The lowest BCUT2D eigenvalue weighted by Gasteiger charge is -2.00. The number of hydrogen-bond donors (Lipinski definition) is 0. The number of carbonyl (C=O) groups excluding carboxylic acids is 1. The molecule has 0 spiro atoms. The smallest absolute Gasteiger partial charge is 0.330 e. The summed E-state index contributed by atoms with van der Waals surface area (Å²) in [6, 6.07) is 0. The van der Waals surface area contributed by atoms with E-state index in [1.807, 2.05) is 5.40 Å². The monoisotopic (exact) mass is 199 g/mol. The number of esters is 1. The first-order valence-corrected chi connectivity index (χ1v) is 5.10. The molecule has 3 nitrogen and oxygen atoms in total. The molecule has 0 heterocycles. The second-order valence-electron chi connectivity index (χ2n) is 2.37. The lowest BCUT2D eigenvalue weighted by molar-refractivity contribution is -0.137. The molecule has 0 amide bonds. The Morgan fingerprint density at radius 1 is 1.54 bits per heavy atom. The van der Waals surface area contributed by atoms with Gasteiger partial charge in [-0.1, -0.05) is 6.58 Å². The van der Waals surface area contributed by atoms with Gasteiger partial charge in [0.2, 0.25) is 0 Å². The molecule has 0 atom stereocenters. The molecule has 0 N–H and O–H groups in total. The van der Waals surface area contributed by atoms with Crippen molar-refractivity contribution in [1.82, 2.24) is 0 Å². The van der Waals surface area contributed by atoms with Crippen molar-refractivity contribution < 1.29 is 9.53 Å². The van der Waals surface area contributed by atoms with Crippen LogP contribution in [0.2, 0.25) is 0 Å². The first-order valence-electron chi connectivity index (χ1n) is 4.11. The summed E-state index contributed by atoms with van der Waals surface area (Å²) in [6.45, 7) is 3.73. The largest absolute Gasteiger partial charge is 0.463 e. The van der Waals surface area contributed by atoms with Gasteiger partial charge >= 0.3 is 5.97 Å². The summed E-state index contributed by atoms with van der Waals surface area (Å²) in [5.74, 6) is 0.484. The van der Waals surface area contributed by atoms with Crippen LogP contribution in [0.1, 0.15) is 19.3 Å². The molecule has 4 heteroatoms. The van der Waals surface area contributed by atoms with Crippen molar-refractivity contribution in [3.8, 4) is 5.40 Å². The van der Waals surface area contributed by atoms with E-state index < -0.39 is 0 Å². The minimum atomic E-state index is -0.369. The Balaban J connectivity index is 3.04. The molecule has 0 aliphatic heterocycles. The molecule has 0 saturated carbocycles. The molecular formula is C9H13NO2S. The van der Waals surface area contributed by atoms with Crippen LogP contribution in [0.15, 0.2) is 12.7 Å². The summed E-state index contributed by atoms with van der Waals surface area (Å²) in [6.07, 6.45) is 3.99. The highest BCUT2D eigenvalue weighted by Gasteiger charge is 1.94. The second kappa shape index (κ2) is 9.14. The van der Waals surface area contributed by atoms with Crippen molar-refractivity contribution in [2.24, 2.45) is 0 Å². The van der Waals surface area contributed by atoms with Crippen LogP contribution in [0.5, 0.6) is 0 Å². The summed E-state index contributed by atoms with van der Waals surface area (Å²) in [5, 5.41) is 10.2. The van der Waals surface area contributed by atoms with Crippen LogP contribution in [-0.4, -0.2) is 18.3 Å². The fourth-order valence-corrected chi connectivity index (χ4v) is 1.17. The molecule has 13 heavy (non-hydrogen) atoms. The predicted molar refractivity (Wildman–Crippen MR) is 53.1 cm³/mol. The number of nitriles is 1. The third-order valence-electron chi connectivity index (χ3n) is 1.37. The quantitative estimate of drug-likeness (QED) is 0.273. The molecule has 0 bridgehead atoms. The summed E-state index contributed by atoms with van der Waals surface area (Å²) < 4.78 is 4.77. The molecule has 0 aromatic carbocycles. The average molecular weight is 199 g/mol. The fraction of sp³-hybridized carbons (Fsp3) is 0.556. The van der Waals surface area contributed by atoms with E-state index in [0.717, 1.165) is 31.1 Å². The Hall–Kier alpha value is -0.950. The summed E-state index contributed by atoms with van der Waals surface area (Å²) in [5.41, 5.74) is 0. The number of rotatable bonds is 7. The Labute approximate surface area is 82.8 Å². The van der Waals surface area contributed by atoms with Gasteiger partial charge in [-0.25, -0.2) is 4.79 Å². The van der Waals surface area contributed by atoms with Crippen LogP contribution >= 0.6 is 11.8 Å². The van der Waals surface area contributed by atoms with E-state index in [4.69, 9.17) is 10.00 Å². The third kappa shape index (κ3) is 8.96. The molecule has 0 aromatic rings. The third-order valence-corrected chi connectivity index (χ3v) is 1.99. The van der Waals surface area contributed by atoms with Crippen molar-refractivity contribution in [2.45, 2.75) is 19.3 Å². The van der Waals surface area contributed by atoms with E-state index in [1.165, 1.54) is 11.8 Å². The maximum Gasteiger partial charge on any atom is 0.330 e. The SMILES string of the molecule is C=CC(=O)OCCCCCSC#N. The first kappa shape index (κ1) is 12.0. The maximum absolute atomic E-state index is 10.6. The van der Waals surface area contributed by atoms with E-state index >= 15 is 0 Å². The Bertz CT molecular complexity index is 198. The molecule has 0 unspecified atom stereocenters. The zero-order chi connectivity index (χ0) is 9.94. The van der Waals surface area contributed by atoms with Gasteiger partial charge in [0.1, 0.15) is 5.40 Å². The van der Waals surface area contributed by atoms with Gasteiger partial charge in [-0.3, -0.25) is 0 Å². The second-order valence-corrected chi connectivity index (χ2v) is 3.25. The predicted octanol–water partition coefficient (Wildman–Crippen LogP) is 2.10. The number of nitrogens with zero attached hydrogens (tertiary/aromatic N) is 1. The van der Waals surface area contributed by atoms with Crippen molar-refractivity contribution >= 4 is 17.7 Å². The zero-order valence-electron chi connectivity index (χ0n) is 7.49. The lowest BCUT2D eigenvalue weighted by atomic mass is 10.3. The van der Waals surface area contributed by atoms with Gasteiger partial charge in [0.05, 0.1) is 6.61 Å². The van der Waals surface area contributed by atoms with E-state index in [9.17, 15) is 4.79 Å². The molecular weight excluding hydrogens is 186 g/mol. The highest BCUT2D eigenvalue weighted by molar-refractivity contribution is 8.03. The standard InChI is InChI=1S/C9H13NO2S/c1-2-9(11)12-6-4-3-5-7-13-8-10/h2H,1,3-7H2. The number of ether oxygens (including phenoxy) is 1. The van der Waals surface area contributed by atoms with Gasteiger partial charge in [0.25, 0.3) is 0 Å². The van der Waals surface area contributed by atoms with Gasteiger partial charge in [0, 0.05) is 11.8 Å². The molecule has 0 rings (SSSR count). The van der Waals surface area contributed by atoms with Gasteiger partial charge in [-0.2, -0.15) is 5.26 Å². The fourth-order valence-electron chi connectivity index (χ4n) is 0.730. The Morgan fingerprint density at radius 2 is 2.31 bits per heavy atom. The van der Waals surface area contributed by atoms with E-state index in [1.54, 1.807) is 0 Å². The summed E-state index contributed by atoms with van der Waals surface area (Å²) >= 11 is 1.26. The highest BCUT2D eigenvalue weighted by Crippen LogP contribution is 2.04. The number of hydrogen-bond acceptors (Lipinski definition) is 4. The van der Waals surface area contributed by atoms with Crippen LogP contribution in [0, 0.1) is 10.7 Å². The molecule has 0 aliphatic rings. The van der Waals surface area contributed by atoms with E-state index in [2.05, 4.69) is 6.58 Å². The normalized spacial score (nSPS) is 8.85. The Kier molecular flexibility index (Phi) is 8.47. The maximum atomic E-state index is 10.6. The number of thioether (sulfide) groups is 1. The topological polar surface area (TPSA) is 50.1 Å². The highest BCUT2D eigenvalue weighted by atomic mass is 32.2. The summed E-state index contributed by atoms with van der Waals surface area (Å²) in [7, 11) is 0. The zero-order valence-corrected chi connectivity index (χ0v) is 8.31. The minimum absolute atomic E-state index is 0.369. The van der Waals surface area contributed by atoms with Crippen LogP contribution in [0.4, 0.5) is 0 Å². The van der Waals surface area contributed by atoms with Crippen LogP contribution in [0.25, 0.3) is 0 Å². The van der Waals surface area contributed by atoms with Gasteiger partial charge in [0.15, 0.2) is 0 Å². The van der Waals surface area contributed by atoms with Crippen molar-refractivity contribution in [1.29, 1.82) is 5.26 Å². The van der Waals surface area contributed by atoms with Crippen LogP contribution in [-0.2, 0) is 9.53 Å². The molecule has 0 radical (unpaired) electrons. The van der Waals surface area contributed by atoms with Gasteiger partial charge < -0.3 is 4.74 Å². The molecule has 0 fully saturated rings. The molecule has 0 aromatic heterocycles. The van der Waals surface area contributed by atoms with E-state index in [-0.39, 0.29) is 5.97 Å². The minimum Gasteiger partial charge on any atom is -0.463 e. The lowest BCUT2D eigenvalue weighted by Crippen LogP contribution is -2.01. The van der Waals surface area contributed by atoms with Crippen LogP contribution < -0.4 is 0 Å². The average Bonchev–Trinajstić information content (AvgIpc) is 2.16. The van der Waals surface area contributed by atoms with Crippen molar-refractivity contribution in [2.75, 3.05) is 12.4 Å². The van der Waals surface area contributed by atoms with Crippen LogP contribution in [0.3, 0.4) is 0 Å². The van der Waals surface area contributed by atoms with E-state index in [0.29, 0.717) is 6.61 Å². The Morgan fingerprint density at radius 3 is 2.92 bits per heavy atom. The van der Waals surface area contributed by atoms with Gasteiger partial charge in [-0.05, 0) is 31.0 Å². The number of carbonyl (C=O) groups is 1.